The van der Waals surface area contributed by atoms with Gasteiger partial charge in [0.05, 0.1) is 0 Å². The molecule has 0 aliphatic carbocycles. The van der Waals surface area contributed by atoms with Gasteiger partial charge in [-0.2, -0.15) is 0 Å². The van der Waals surface area contributed by atoms with Crippen LogP contribution in [0.4, 0.5) is 4.39 Å². The van der Waals surface area contributed by atoms with E-state index in [1.807, 2.05) is 24.3 Å². The number of rotatable bonds is 3. The van der Waals surface area contributed by atoms with Gasteiger partial charge >= 0.3 is 0 Å². The molecule has 6 nitrogen and oxygen atoms in total. The average Bonchev–Trinajstić information content (AvgIpc) is 3.46. The quantitative estimate of drug-likeness (QED) is 0.494. The number of furan rings is 2. The van der Waals surface area contributed by atoms with Gasteiger partial charge in [0.1, 0.15) is 17.2 Å². The molecule has 156 valence electrons. The summed E-state index contributed by atoms with van der Waals surface area (Å²) in [5.74, 6) is 0.278. The lowest BCUT2D eigenvalue weighted by Gasteiger charge is -2.33. The third-order valence-electron chi connectivity index (χ3n) is 5.44. The Hall–Kier alpha value is -3.87. The number of halogens is 1. The van der Waals surface area contributed by atoms with E-state index in [4.69, 9.17) is 8.83 Å². The average molecular weight is 418 g/mol. The second kappa shape index (κ2) is 7.75. The van der Waals surface area contributed by atoms with Crippen molar-refractivity contribution in [2.24, 2.45) is 0 Å². The molecule has 0 spiro atoms. The third-order valence-corrected chi connectivity index (χ3v) is 5.44. The van der Waals surface area contributed by atoms with Gasteiger partial charge in [-0.05, 0) is 48.5 Å². The number of para-hydroxylation sites is 1. The van der Waals surface area contributed by atoms with Crippen LogP contribution in [0.2, 0.25) is 0 Å². The summed E-state index contributed by atoms with van der Waals surface area (Å²) in [6.07, 6.45) is 0. The maximum Gasteiger partial charge on any atom is 0.289 e. The van der Waals surface area contributed by atoms with Crippen LogP contribution >= 0.6 is 0 Å². The zero-order valence-electron chi connectivity index (χ0n) is 16.6. The Labute approximate surface area is 177 Å². The largest absolute Gasteiger partial charge is 0.451 e. The Balaban J connectivity index is 1.23. The molecule has 5 rings (SSSR count). The van der Waals surface area contributed by atoms with Gasteiger partial charge in [0, 0.05) is 37.1 Å². The van der Waals surface area contributed by atoms with E-state index in [1.165, 1.54) is 12.1 Å². The number of carbonyl (C=O) groups is 2. The minimum Gasteiger partial charge on any atom is -0.451 e. The van der Waals surface area contributed by atoms with Crippen molar-refractivity contribution in [1.82, 2.24) is 9.80 Å². The molecule has 2 amide bonds. The Morgan fingerprint density at radius 2 is 1.39 bits per heavy atom. The van der Waals surface area contributed by atoms with E-state index in [2.05, 4.69) is 0 Å². The summed E-state index contributed by atoms with van der Waals surface area (Å²) in [4.78, 5) is 28.9. The summed E-state index contributed by atoms with van der Waals surface area (Å²) in [6.45, 7) is 1.62. The zero-order chi connectivity index (χ0) is 21.4. The van der Waals surface area contributed by atoms with Crippen molar-refractivity contribution in [2.45, 2.75) is 0 Å². The Kier molecular flexibility index (Phi) is 4.78. The van der Waals surface area contributed by atoms with Gasteiger partial charge in [-0.15, -0.1) is 0 Å². The van der Waals surface area contributed by atoms with Crippen LogP contribution in [0, 0.1) is 5.82 Å². The van der Waals surface area contributed by atoms with Crippen molar-refractivity contribution >= 4 is 22.8 Å². The second-order valence-electron chi connectivity index (χ2n) is 7.40. The molecule has 0 atom stereocenters. The van der Waals surface area contributed by atoms with Crippen LogP contribution in [-0.4, -0.2) is 47.8 Å². The topological polar surface area (TPSA) is 66.9 Å². The lowest BCUT2D eigenvalue weighted by atomic mass is 10.2. The molecule has 0 saturated carbocycles. The molecule has 1 fully saturated rings. The van der Waals surface area contributed by atoms with Crippen LogP contribution in [0.3, 0.4) is 0 Å². The molecule has 2 aromatic carbocycles. The number of hydrogen-bond acceptors (Lipinski definition) is 4. The zero-order valence-corrected chi connectivity index (χ0v) is 16.6. The van der Waals surface area contributed by atoms with Gasteiger partial charge in [0.25, 0.3) is 11.8 Å². The van der Waals surface area contributed by atoms with Gasteiger partial charge in [0.15, 0.2) is 11.5 Å². The van der Waals surface area contributed by atoms with Gasteiger partial charge in [-0.25, -0.2) is 4.39 Å². The van der Waals surface area contributed by atoms with Crippen LogP contribution in [0.1, 0.15) is 21.1 Å². The van der Waals surface area contributed by atoms with E-state index in [0.29, 0.717) is 48.8 Å². The number of nitrogens with zero attached hydrogens (tertiary/aromatic N) is 2. The van der Waals surface area contributed by atoms with Gasteiger partial charge in [-0.3, -0.25) is 9.59 Å². The first-order valence-electron chi connectivity index (χ1n) is 10.0. The highest BCUT2D eigenvalue weighted by Gasteiger charge is 2.28. The van der Waals surface area contributed by atoms with Gasteiger partial charge in [-0.1, -0.05) is 18.2 Å². The predicted octanol–water partition coefficient (Wildman–Crippen LogP) is 4.43. The first kappa shape index (κ1) is 19.1. The molecule has 0 N–H and O–H groups in total. The number of amides is 2. The molecule has 0 unspecified atom stereocenters. The summed E-state index contributed by atoms with van der Waals surface area (Å²) in [5.41, 5.74) is 1.37. The number of fused-ring (bicyclic) bond motifs is 1. The maximum atomic E-state index is 13.1. The molecule has 31 heavy (non-hydrogen) atoms. The van der Waals surface area contributed by atoms with Crippen molar-refractivity contribution in [3.8, 4) is 11.3 Å². The normalized spacial score (nSPS) is 14.2. The fourth-order valence-corrected chi connectivity index (χ4v) is 3.73. The molecule has 0 bridgehead atoms. The minimum atomic E-state index is -0.332. The first-order chi connectivity index (χ1) is 15.1. The van der Waals surface area contributed by atoms with E-state index in [1.54, 1.807) is 40.1 Å². The summed E-state index contributed by atoms with van der Waals surface area (Å²) < 4.78 is 24.5. The number of carbonyl (C=O) groups excluding carboxylic acids is 2. The van der Waals surface area contributed by atoms with Crippen molar-refractivity contribution in [3.05, 3.63) is 84.1 Å². The Morgan fingerprint density at radius 1 is 0.742 bits per heavy atom. The predicted molar refractivity (Wildman–Crippen MR) is 112 cm³/mol. The van der Waals surface area contributed by atoms with Crippen molar-refractivity contribution < 1.29 is 22.8 Å². The summed E-state index contributed by atoms with van der Waals surface area (Å²) >= 11 is 0. The van der Waals surface area contributed by atoms with E-state index >= 15 is 0 Å². The number of benzene rings is 2. The molecule has 1 aliphatic heterocycles. The Bertz CT molecular complexity index is 1220. The number of hydrogen-bond donors (Lipinski definition) is 0. The molecule has 2 aromatic heterocycles. The fraction of sp³-hybridized carbons (Fsp3) is 0.167. The summed E-state index contributed by atoms with van der Waals surface area (Å²) in [6, 6.07) is 18.4. The van der Waals surface area contributed by atoms with Crippen LogP contribution in [0.15, 0.2) is 75.6 Å². The SMILES string of the molecule is O=C(c1ccc(-c2ccc(F)cc2)o1)N1CCN(C(=O)c2cc3ccccc3o2)CC1. The fourth-order valence-electron chi connectivity index (χ4n) is 3.73. The highest BCUT2D eigenvalue weighted by Crippen LogP contribution is 2.24. The molecule has 3 heterocycles. The molecule has 0 radical (unpaired) electrons. The van der Waals surface area contributed by atoms with E-state index in [9.17, 15) is 14.0 Å². The standard InChI is InChI=1S/C24H19FN2O4/c25-18-7-5-16(6-8-18)20-9-10-21(30-20)23(28)26-11-13-27(14-12-26)24(29)22-15-17-3-1-2-4-19(17)31-22/h1-10,15H,11-14H2. The molecular weight excluding hydrogens is 399 g/mol. The molecule has 1 aliphatic rings. The minimum absolute atomic E-state index is 0.181. The van der Waals surface area contributed by atoms with E-state index in [0.717, 1.165) is 5.39 Å². The lowest BCUT2D eigenvalue weighted by molar-refractivity contribution is 0.0504. The van der Waals surface area contributed by atoms with Crippen LogP contribution in [0.25, 0.3) is 22.3 Å². The van der Waals surface area contributed by atoms with Crippen LogP contribution < -0.4 is 0 Å². The number of piperazine rings is 1. The third kappa shape index (κ3) is 3.70. The van der Waals surface area contributed by atoms with Crippen LogP contribution in [-0.2, 0) is 0 Å². The van der Waals surface area contributed by atoms with E-state index in [-0.39, 0.29) is 23.4 Å². The second-order valence-corrected chi connectivity index (χ2v) is 7.40. The van der Waals surface area contributed by atoms with Crippen molar-refractivity contribution in [2.75, 3.05) is 26.2 Å². The van der Waals surface area contributed by atoms with Crippen LogP contribution in [0.5, 0.6) is 0 Å². The van der Waals surface area contributed by atoms with Crippen molar-refractivity contribution in [3.63, 3.8) is 0 Å². The smallest absolute Gasteiger partial charge is 0.289 e. The summed E-state index contributed by atoms with van der Waals surface area (Å²) in [5, 5.41) is 0.884. The van der Waals surface area contributed by atoms with Crippen molar-refractivity contribution in [1.29, 1.82) is 0 Å². The molecular formula is C24H19FN2O4. The highest BCUT2D eigenvalue weighted by atomic mass is 19.1. The highest BCUT2D eigenvalue weighted by molar-refractivity contribution is 5.96. The summed E-state index contributed by atoms with van der Waals surface area (Å²) in [7, 11) is 0. The molecule has 4 aromatic rings. The van der Waals surface area contributed by atoms with Gasteiger partial charge < -0.3 is 18.6 Å². The Morgan fingerprint density at radius 3 is 2.06 bits per heavy atom. The monoisotopic (exact) mass is 418 g/mol. The van der Waals surface area contributed by atoms with Gasteiger partial charge in [0.2, 0.25) is 0 Å². The maximum absolute atomic E-state index is 13.1. The first-order valence-corrected chi connectivity index (χ1v) is 10.0. The molecule has 7 heteroatoms. The molecule has 1 saturated heterocycles. The van der Waals surface area contributed by atoms with E-state index < -0.39 is 0 Å². The lowest BCUT2D eigenvalue weighted by Crippen LogP contribution is -2.50.